The number of rotatable bonds is 5. The molecule has 0 bridgehead atoms. The van der Waals surface area contributed by atoms with Crippen LogP contribution in [-0.2, 0) is 9.59 Å². The highest BCUT2D eigenvalue weighted by Crippen LogP contribution is 2.45. The van der Waals surface area contributed by atoms with Gasteiger partial charge in [-0.1, -0.05) is 0 Å². The molecule has 0 aromatic rings. The third-order valence-corrected chi connectivity index (χ3v) is 5.39. The number of hydrogen-bond acceptors (Lipinski definition) is 4. The van der Waals surface area contributed by atoms with Gasteiger partial charge in [0.25, 0.3) is 0 Å². The second-order valence-electron chi connectivity index (χ2n) is 6.23. The van der Waals surface area contributed by atoms with Crippen molar-refractivity contribution in [3.8, 4) is 0 Å². The lowest BCUT2D eigenvalue weighted by molar-refractivity contribution is -0.141. The lowest BCUT2D eigenvalue weighted by atomic mass is 9.93. The Labute approximate surface area is 127 Å². The number of nitrogens with zero attached hydrogens (tertiary/aromatic N) is 1. The molecule has 2 unspecified atom stereocenters. The number of carbonyl (C=O) groups is 3. The first-order valence-electron chi connectivity index (χ1n) is 6.94. The largest absolute Gasteiger partial charge is 0.480 e. The molecule has 2 atom stereocenters. The Hall–Kier alpha value is -1.44. The van der Waals surface area contributed by atoms with Gasteiger partial charge in [-0.2, -0.15) is 0 Å². The average molecular weight is 315 g/mol. The van der Waals surface area contributed by atoms with Crippen LogP contribution in [0.25, 0.3) is 0 Å². The fourth-order valence-corrected chi connectivity index (χ4v) is 3.82. The normalized spacial score (nSPS) is 25.7. The van der Waals surface area contributed by atoms with Gasteiger partial charge in [0, 0.05) is 12.3 Å². The summed E-state index contributed by atoms with van der Waals surface area (Å²) in [6.45, 7) is 3.37. The molecule has 0 aromatic heterocycles. The average Bonchev–Trinajstić information content (AvgIpc) is 3.14. The second-order valence-corrected chi connectivity index (χ2v) is 7.38. The first-order valence-corrected chi connectivity index (χ1v) is 7.99. The van der Waals surface area contributed by atoms with E-state index in [-0.39, 0.29) is 11.9 Å². The molecule has 2 fully saturated rings. The predicted octanol–water partition coefficient (Wildman–Crippen LogP) is 0.446. The van der Waals surface area contributed by atoms with Gasteiger partial charge in [-0.25, -0.2) is 9.59 Å². The van der Waals surface area contributed by atoms with Crippen molar-refractivity contribution in [3.63, 3.8) is 0 Å². The number of urea groups is 1. The highest BCUT2D eigenvalue weighted by Gasteiger charge is 2.48. The molecule has 118 valence electrons. The highest BCUT2D eigenvalue weighted by atomic mass is 32.2. The minimum absolute atomic E-state index is 0.0807. The van der Waals surface area contributed by atoms with E-state index >= 15 is 0 Å². The summed E-state index contributed by atoms with van der Waals surface area (Å²) in [7, 11) is 0. The van der Waals surface area contributed by atoms with Crippen LogP contribution in [0.5, 0.6) is 0 Å². The monoisotopic (exact) mass is 315 g/mol. The lowest BCUT2D eigenvalue weighted by Crippen LogP contribution is -2.53. The third-order valence-electron chi connectivity index (χ3n) is 3.93. The van der Waals surface area contributed by atoms with E-state index in [0.29, 0.717) is 11.7 Å². The van der Waals surface area contributed by atoms with Crippen LogP contribution in [0.4, 0.5) is 4.79 Å². The number of primary amides is 1. The zero-order valence-corrected chi connectivity index (χ0v) is 13.0. The summed E-state index contributed by atoms with van der Waals surface area (Å²) in [5, 5.41) is 11.8. The van der Waals surface area contributed by atoms with E-state index in [1.165, 1.54) is 16.7 Å². The first kappa shape index (κ1) is 15.9. The van der Waals surface area contributed by atoms with Crippen molar-refractivity contribution in [2.45, 2.75) is 38.1 Å². The van der Waals surface area contributed by atoms with Crippen molar-refractivity contribution in [1.82, 2.24) is 10.2 Å². The van der Waals surface area contributed by atoms with Crippen molar-refractivity contribution >= 4 is 29.7 Å². The molecular formula is C13H21N3O4S. The molecule has 0 spiro atoms. The summed E-state index contributed by atoms with van der Waals surface area (Å²) < 4.78 is 0. The van der Waals surface area contributed by atoms with Crippen LogP contribution >= 0.6 is 11.8 Å². The molecule has 1 saturated heterocycles. The zero-order valence-electron chi connectivity index (χ0n) is 12.2. The fourth-order valence-electron chi connectivity index (χ4n) is 2.19. The Kier molecular flexibility index (Phi) is 4.36. The number of carbonyl (C=O) groups excluding carboxylic acids is 2. The molecule has 7 nitrogen and oxygen atoms in total. The molecule has 1 heterocycles. The van der Waals surface area contributed by atoms with Crippen molar-refractivity contribution in [3.05, 3.63) is 0 Å². The van der Waals surface area contributed by atoms with Gasteiger partial charge in [0.1, 0.15) is 6.04 Å². The minimum atomic E-state index is -0.991. The topological polar surface area (TPSA) is 113 Å². The van der Waals surface area contributed by atoms with Crippen molar-refractivity contribution in [2.24, 2.45) is 17.1 Å². The minimum Gasteiger partial charge on any atom is -0.480 e. The predicted molar refractivity (Wildman–Crippen MR) is 78.6 cm³/mol. The number of hydrogen-bond donors (Lipinski definition) is 3. The lowest BCUT2D eigenvalue weighted by Gasteiger charge is -2.29. The summed E-state index contributed by atoms with van der Waals surface area (Å²) >= 11 is 1.52. The van der Waals surface area contributed by atoms with E-state index in [1.807, 2.05) is 0 Å². The molecule has 0 aromatic carbocycles. The number of aliphatic carboxylic acids is 1. The van der Waals surface area contributed by atoms with Crippen molar-refractivity contribution in [1.29, 1.82) is 0 Å². The molecule has 2 aliphatic rings. The second kappa shape index (κ2) is 5.75. The maximum Gasteiger partial charge on any atom is 0.327 e. The van der Waals surface area contributed by atoms with Crippen molar-refractivity contribution < 1.29 is 19.5 Å². The van der Waals surface area contributed by atoms with Gasteiger partial charge in [-0.3, -0.25) is 9.69 Å². The van der Waals surface area contributed by atoms with Gasteiger partial charge in [0.15, 0.2) is 0 Å². The number of carboxylic acids is 1. The van der Waals surface area contributed by atoms with E-state index in [1.54, 1.807) is 13.8 Å². The molecule has 1 saturated carbocycles. The number of nitrogens with one attached hydrogen (secondary N) is 1. The van der Waals surface area contributed by atoms with Crippen LogP contribution < -0.4 is 11.1 Å². The number of thioether (sulfide) groups is 1. The summed E-state index contributed by atoms with van der Waals surface area (Å²) in [5.41, 5.74) is 4.40. The third kappa shape index (κ3) is 3.42. The Bertz CT molecular complexity index is 464. The molecule has 1 aliphatic heterocycles. The van der Waals surface area contributed by atoms with Crippen LogP contribution in [0.1, 0.15) is 26.7 Å². The first-order chi connectivity index (χ1) is 9.74. The van der Waals surface area contributed by atoms with Crippen LogP contribution in [0.3, 0.4) is 0 Å². The Morgan fingerprint density at radius 2 is 2.00 bits per heavy atom. The molecule has 1 aliphatic carbocycles. The smallest absolute Gasteiger partial charge is 0.327 e. The van der Waals surface area contributed by atoms with Crippen molar-refractivity contribution in [2.75, 3.05) is 12.3 Å². The van der Waals surface area contributed by atoms with Crippen LogP contribution in [0, 0.1) is 11.3 Å². The Balaban J connectivity index is 2.03. The maximum atomic E-state index is 12.4. The number of amides is 3. The highest BCUT2D eigenvalue weighted by molar-refractivity contribution is 8.00. The summed E-state index contributed by atoms with van der Waals surface area (Å²) in [6, 6.07) is -1.24. The van der Waals surface area contributed by atoms with Crippen LogP contribution in [-0.4, -0.2) is 51.6 Å². The standard InChI is InChI=1S/C13H21N3O4S/c1-13(2,11(14)19)6-15-12(20)16-8(10(17)18)5-21-9(16)7-3-4-7/h7-9H,3-6H2,1-2H3,(H2,14,19)(H,15,20)(H,17,18). The van der Waals surface area contributed by atoms with E-state index < -0.39 is 29.4 Å². The number of nitrogens with two attached hydrogens (primary N) is 1. The van der Waals surface area contributed by atoms with Gasteiger partial charge in [-0.05, 0) is 32.6 Å². The van der Waals surface area contributed by atoms with Gasteiger partial charge in [0.2, 0.25) is 5.91 Å². The van der Waals surface area contributed by atoms with E-state index in [9.17, 15) is 19.5 Å². The molecular weight excluding hydrogens is 294 g/mol. The summed E-state index contributed by atoms with van der Waals surface area (Å²) in [4.78, 5) is 36.4. The molecule has 8 heteroatoms. The van der Waals surface area contributed by atoms with Gasteiger partial charge >= 0.3 is 12.0 Å². The molecule has 4 N–H and O–H groups in total. The van der Waals surface area contributed by atoms with Crippen LogP contribution in [0.2, 0.25) is 0 Å². The van der Waals surface area contributed by atoms with Gasteiger partial charge in [-0.15, -0.1) is 11.8 Å². The van der Waals surface area contributed by atoms with Gasteiger partial charge in [0.05, 0.1) is 10.8 Å². The molecule has 21 heavy (non-hydrogen) atoms. The van der Waals surface area contributed by atoms with Crippen LogP contribution in [0.15, 0.2) is 0 Å². The quantitative estimate of drug-likeness (QED) is 0.681. The van der Waals surface area contributed by atoms with E-state index in [2.05, 4.69) is 5.32 Å². The SMILES string of the molecule is CC(C)(CNC(=O)N1C(C(=O)O)CSC1C1CC1)C(N)=O. The maximum absolute atomic E-state index is 12.4. The summed E-state index contributed by atoms with van der Waals surface area (Å²) in [5.74, 6) is -0.709. The Morgan fingerprint density at radius 1 is 1.38 bits per heavy atom. The molecule has 3 amide bonds. The summed E-state index contributed by atoms with van der Waals surface area (Å²) in [6.07, 6.45) is 2.06. The van der Waals surface area contributed by atoms with E-state index in [4.69, 9.17) is 5.73 Å². The fraction of sp³-hybridized carbons (Fsp3) is 0.769. The van der Waals surface area contributed by atoms with E-state index in [0.717, 1.165) is 12.8 Å². The number of carboxylic acid groups (broad SMARTS) is 1. The Morgan fingerprint density at radius 3 is 2.48 bits per heavy atom. The zero-order chi connectivity index (χ0) is 15.8. The molecule has 0 radical (unpaired) electrons. The van der Waals surface area contributed by atoms with Gasteiger partial charge < -0.3 is 16.2 Å². The molecule has 2 rings (SSSR count).